The van der Waals surface area contributed by atoms with Crippen LogP contribution in [0.1, 0.15) is 24.0 Å². The lowest BCUT2D eigenvalue weighted by Crippen LogP contribution is -2.43. The second kappa shape index (κ2) is 7.90. The first-order chi connectivity index (χ1) is 10.9. The van der Waals surface area contributed by atoms with Crippen molar-refractivity contribution in [2.45, 2.75) is 32.4 Å². The van der Waals surface area contributed by atoms with Gasteiger partial charge in [-0.2, -0.15) is 4.31 Å². The van der Waals surface area contributed by atoms with Crippen molar-refractivity contribution in [1.29, 1.82) is 0 Å². The molecule has 0 aromatic heterocycles. The Labute approximate surface area is 137 Å². The maximum atomic E-state index is 12.1. The van der Waals surface area contributed by atoms with Gasteiger partial charge in [-0.1, -0.05) is 24.3 Å². The van der Waals surface area contributed by atoms with Gasteiger partial charge in [-0.3, -0.25) is 4.79 Å². The lowest BCUT2D eigenvalue weighted by Gasteiger charge is -2.22. The molecule has 6 nitrogen and oxygen atoms in total. The average Bonchev–Trinajstić information content (AvgIpc) is 2.98. The van der Waals surface area contributed by atoms with E-state index in [4.69, 9.17) is 4.74 Å². The number of amides is 1. The van der Waals surface area contributed by atoms with Crippen LogP contribution in [0.4, 0.5) is 0 Å². The molecule has 128 valence electrons. The molecule has 1 fully saturated rings. The van der Waals surface area contributed by atoms with E-state index >= 15 is 0 Å². The standard InChI is InChI=1S/C16H24N2O4S/c1-13-6-3-4-7-14(13)10-17-16(19)12-18(23(2,20)21)11-15-8-5-9-22-15/h3-4,6-7,15H,5,8-12H2,1-2H3,(H,17,19). The van der Waals surface area contributed by atoms with Gasteiger partial charge in [0.15, 0.2) is 0 Å². The van der Waals surface area contributed by atoms with E-state index in [2.05, 4.69) is 5.32 Å². The lowest BCUT2D eigenvalue weighted by molar-refractivity contribution is -0.121. The molecule has 1 saturated heterocycles. The first-order valence-corrected chi connectivity index (χ1v) is 9.59. The summed E-state index contributed by atoms with van der Waals surface area (Å²) >= 11 is 0. The molecule has 0 radical (unpaired) electrons. The van der Waals surface area contributed by atoms with E-state index in [0.717, 1.165) is 30.2 Å². The third-order valence-electron chi connectivity index (χ3n) is 3.96. The summed E-state index contributed by atoms with van der Waals surface area (Å²) in [6.45, 7) is 3.08. The van der Waals surface area contributed by atoms with Crippen LogP contribution in [0, 0.1) is 6.92 Å². The smallest absolute Gasteiger partial charge is 0.235 e. The van der Waals surface area contributed by atoms with Gasteiger partial charge in [0.2, 0.25) is 15.9 Å². The van der Waals surface area contributed by atoms with E-state index in [-0.39, 0.29) is 25.1 Å². The van der Waals surface area contributed by atoms with Crippen molar-refractivity contribution in [2.75, 3.05) is 26.0 Å². The maximum absolute atomic E-state index is 12.1. The highest BCUT2D eigenvalue weighted by Crippen LogP contribution is 2.14. The molecule has 23 heavy (non-hydrogen) atoms. The highest BCUT2D eigenvalue weighted by atomic mass is 32.2. The number of carbonyl (C=O) groups excluding carboxylic acids is 1. The molecule has 0 spiro atoms. The first-order valence-electron chi connectivity index (χ1n) is 7.74. The van der Waals surface area contributed by atoms with E-state index in [1.165, 1.54) is 4.31 Å². The van der Waals surface area contributed by atoms with Crippen molar-refractivity contribution >= 4 is 15.9 Å². The Kier molecular flexibility index (Phi) is 6.15. The van der Waals surface area contributed by atoms with Crippen molar-refractivity contribution in [2.24, 2.45) is 0 Å². The quantitative estimate of drug-likeness (QED) is 0.805. The molecule has 1 aliphatic heterocycles. The molecule has 0 saturated carbocycles. The van der Waals surface area contributed by atoms with Crippen LogP contribution in [-0.2, 0) is 26.1 Å². The molecular weight excluding hydrogens is 316 g/mol. The zero-order valence-corrected chi connectivity index (χ0v) is 14.4. The summed E-state index contributed by atoms with van der Waals surface area (Å²) in [4.78, 5) is 12.1. The predicted molar refractivity (Wildman–Crippen MR) is 88.4 cm³/mol. The number of aryl methyl sites for hydroxylation is 1. The van der Waals surface area contributed by atoms with Crippen LogP contribution < -0.4 is 5.32 Å². The molecule has 0 bridgehead atoms. The summed E-state index contributed by atoms with van der Waals surface area (Å²) in [7, 11) is -3.45. The summed E-state index contributed by atoms with van der Waals surface area (Å²) in [5, 5.41) is 2.78. The Morgan fingerprint density at radius 3 is 2.74 bits per heavy atom. The Morgan fingerprint density at radius 2 is 2.13 bits per heavy atom. The number of hydrogen-bond donors (Lipinski definition) is 1. The SMILES string of the molecule is Cc1ccccc1CNC(=O)CN(CC1CCCO1)S(C)(=O)=O. The Hall–Kier alpha value is -1.44. The summed E-state index contributed by atoms with van der Waals surface area (Å²) in [6.07, 6.45) is 2.77. The minimum atomic E-state index is -3.45. The van der Waals surface area contributed by atoms with Gasteiger partial charge in [0.1, 0.15) is 0 Å². The van der Waals surface area contributed by atoms with Crippen molar-refractivity contribution in [3.05, 3.63) is 35.4 Å². The number of carbonyl (C=O) groups is 1. The van der Waals surface area contributed by atoms with Crippen LogP contribution in [0.15, 0.2) is 24.3 Å². The minimum absolute atomic E-state index is 0.117. The zero-order valence-electron chi connectivity index (χ0n) is 13.6. The first kappa shape index (κ1) is 17.9. The monoisotopic (exact) mass is 340 g/mol. The summed E-state index contributed by atoms with van der Waals surface area (Å²) in [6, 6.07) is 7.76. The highest BCUT2D eigenvalue weighted by molar-refractivity contribution is 7.88. The van der Waals surface area contributed by atoms with Crippen molar-refractivity contribution < 1.29 is 17.9 Å². The van der Waals surface area contributed by atoms with Gasteiger partial charge in [0.25, 0.3) is 0 Å². The second-order valence-corrected chi connectivity index (χ2v) is 7.88. The van der Waals surface area contributed by atoms with Crippen LogP contribution >= 0.6 is 0 Å². The summed E-state index contributed by atoms with van der Waals surface area (Å²) < 4.78 is 30.4. The number of nitrogens with zero attached hydrogens (tertiary/aromatic N) is 1. The van der Waals surface area contributed by atoms with Gasteiger partial charge in [-0.15, -0.1) is 0 Å². The van der Waals surface area contributed by atoms with Gasteiger partial charge in [-0.05, 0) is 30.9 Å². The molecule has 0 aliphatic carbocycles. The third-order valence-corrected chi connectivity index (χ3v) is 5.17. The van der Waals surface area contributed by atoms with Gasteiger partial charge >= 0.3 is 0 Å². The second-order valence-electron chi connectivity index (χ2n) is 5.89. The minimum Gasteiger partial charge on any atom is -0.377 e. The van der Waals surface area contributed by atoms with Crippen LogP contribution in [0.5, 0.6) is 0 Å². The van der Waals surface area contributed by atoms with Gasteiger partial charge < -0.3 is 10.1 Å². The van der Waals surface area contributed by atoms with Crippen LogP contribution in [-0.4, -0.2) is 50.7 Å². The molecule has 1 unspecified atom stereocenters. The van der Waals surface area contributed by atoms with E-state index in [9.17, 15) is 13.2 Å². The lowest BCUT2D eigenvalue weighted by atomic mass is 10.1. The summed E-state index contributed by atoms with van der Waals surface area (Å²) in [5.74, 6) is -0.309. The van der Waals surface area contributed by atoms with Crippen LogP contribution in [0.25, 0.3) is 0 Å². The number of nitrogens with one attached hydrogen (secondary N) is 1. The van der Waals surface area contributed by atoms with Crippen molar-refractivity contribution in [1.82, 2.24) is 9.62 Å². The summed E-state index contributed by atoms with van der Waals surface area (Å²) in [5.41, 5.74) is 2.11. The van der Waals surface area contributed by atoms with E-state index in [0.29, 0.717) is 13.2 Å². The molecule has 1 atom stereocenters. The van der Waals surface area contributed by atoms with Gasteiger partial charge in [0, 0.05) is 19.7 Å². The van der Waals surface area contributed by atoms with Gasteiger partial charge in [-0.25, -0.2) is 8.42 Å². The Bertz CT molecular complexity index is 639. The number of sulfonamides is 1. The fraction of sp³-hybridized carbons (Fsp3) is 0.562. The van der Waals surface area contributed by atoms with Crippen molar-refractivity contribution in [3.8, 4) is 0 Å². The maximum Gasteiger partial charge on any atom is 0.235 e. The molecule has 1 aromatic rings. The van der Waals surface area contributed by atoms with Crippen LogP contribution in [0.2, 0.25) is 0 Å². The number of ether oxygens (including phenoxy) is 1. The normalized spacial score (nSPS) is 18.3. The predicted octanol–water partition coefficient (Wildman–Crippen LogP) is 1.05. The highest BCUT2D eigenvalue weighted by Gasteiger charge is 2.26. The number of hydrogen-bond acceptors (Lipinski definition) is 4. The molecular formula is C16H24N2O4S. The van der Waals surface area contributed by atoms with Crippen molar-refractivity contribution in [3.63, 3.8) is 0 Å². The van der Waals surface area contributed by atoms with Gasteiger partial charge in [0.05, 0.1) is 18.9 Å². The molecule has 1 heterocycles. The molecule has 1 aromatic carbocycles. The van der Waals surface area contributed by atoms with Crippen LogP contribution in [0.3, 0.4) is 0 Å². The molecule has 1 N–H and O–H groups in total. The van der Waals surface area contributed by atoms with E-state index < -0.39 is 10.0 Å². The Morgan fingerprint density at radius 1 is 1.39 bits per heavy atom. The molecule has 7 heteroatoms. The zero-order chi connectivity index (χ0) is 16.9. The van der Waals surface area contributed by atoms with E-state index in [1.807, 2.05) is 31.2 Å². The fourth-order valence-corrected chi connectivity index (χ4v) is 3.34. The largest absolute Gasteiger partial charge is 0.377 e. The topological polar surface area (TPSA) is 75.7 Å². The molecule has 1 amide bonds. The third kappa shape index (κ3) is 5.60. The fourth-order valence-electron chi connectivity index (χ4n) is 2.55. The molecule has 2 rings (SSSR count). The number of rotatable bonds is 7. The average molecular weight is 340 g/mol. The number of benzene rings is 1. The Balaban J connectivity index is 1.90. The van der Waals surface area contributed by atoms with E-state index in [1.54, 1.807) is 0 Å². The molecule has 1 aliphatic rings.